The lowest BCUT2D eigenvalue weighted by atomic mass is 9.93. The number of carbonyl (C=O) groups is 1. The first-order valence-electron chi connectivity index (χ1n) is 7.79. The topological polar surface area (TPSA) is 62.0 Å². The molecule has 2 aliphatic rings. The van der Waals surface area contributed by atoms with Gasteiger partial charge in [0, 0.05) is 23.5 Å². The Bertz CT molecular complexity index is 821. The van der Waals surface area contributed by atoms with Crippen molar-refractivity contribution in [3.8, 4) is 0 Å². The fraction of sp³-hybridized carbons (Fsp3) is 0.333. The van der Waals surface area contributed by atoms with E-state index in [2.05, 4.69) is 22.5 Å². The molecule has 1 aromatic carbocycles. The van der Waals surface area contributed by atoms with Crippen molar-refractivity contribution >= 4 is 16.8 Å². The third-order valence-electron chi connectivity index (χ3n) is 4.94. The van der Waals surface area contributed by atoms with E-state index in [1.54, 1.807) is 0 Å². The molecule has 4 heteroatoms. The molecule has 1 heterocycles. The van der Waals surface area contributed by atoms with Gasteiger partial charge in [0.2, 0.25) is 5.56 Å². The Morgan fingerprint density at radius 3 is 2.86 bits per heavy atom. The number of pyridine rings is 1. The zero-order chi connectivity index (χ0) is 15.1. The van der Waals surface area contributed by atoms with E-state index in [0.29, 0.717) is 35.4 Å². The van der Waals surface area contributed by atoms with Gasteiger partial charge in [-0.15, -0.1) is 0 Å². The van der Waals surface area contributed by atoms with E-state index in [1.807, 2.05) is 24.3 Å². The van der Waals surface area contributed by atoms with Crippen LogP contribution in [0, 0.1) is 17.8 Å². The minimum Gasteiger partial charge on any atom is -0.352 e. The van der Waals surface area contributed by atoms with Gasteiger partial charge < -0.3 is 10.3 Å². The van der Waals surface area contributed by atoms with Gasteiger partial charge in [0.25, 0.3) is 5.91 Å². The lowest BCUT2D eigenvalue weighted by Crippen LogP contribution is -2.31. The first-order chi connectivity index (χ1) is 10.7. The number of hydrogen-bond acceptors (Lipinski definition) is 2. The number of aromatic nitrogens is 1. The molecule has 1 saturated carbocycles. The molecule has 112 valence electrons. The van der Waals surface area contributed by atoms with E-state index in [-0.39, 0.29) is 11.5 Å². The van der Waals surface area contributed by atoms with E-state index in [9.17, 15) is 9.59 Å². The number of amides is 1. The number of rotatable bonds is 3. The molecule has 1 amide bonds. The molecule has 3 atom stereocenters. The van der Waals surface area contributed by atoms with Crippen LogP contribution in [0.2, 0.25) is 0 Å². The first-order valence-corrected chi connectivity index (χ1v) is 7.79. The van der Waals surface area contributed by atoms with Crippen LogP contribution in [-0.4, -0.2) is 17.4 Å². The highest BCUT2D eigenvalue weighted by Crippen LogP contribution is 2.42. The van der Waals surface area contributed by atoms with Gasteiger partial charge in [-0.25, -0.2) is 0 Å². The van der Waals surface area contributed by atoms with Gasteiger partial charge in [0.15, 0.2) is 0 Å². The van der Waals surface area contributed by atoms with Crippen LogP contribution in [0.3, 0.4) is 0 Å². The van der Waals surface area contributed by atoms with Crippen LogP contribution in [0.1, 0.15) is 23.2 Å². The second-order valence-electron chi connectivity index (χ2n) is 6.34. The minimum atomic E-state index is -0.244. The van der Waals surface area contributed by atoms with Crippen LogP contribution >= 0.6 is 0 Å². The first kappa shape index (κ1) is 13.3. The quantitative estimate of drug-likeness (QED) is 0.854. The molecule has 22 heavy (non-hydrogen) atoms. The van der Waals surface area contributed by atoms with Crippen LogP contribution < -0.4 is 10.9 Å². The lowest BCUT2D eigenvalue weighted by molar-refractivity contribution is 0.0946. The Morgan fingerprint density at radius 2 is 2.09 bits per heavy atom. The normalized spacial score (nSPS) is 25.7. The summed E-state index contributed by atoms with van der Waals surface area (Å²) in [5.41, 5.74) is 0.910. The number of benzene rings is 1. The van der Waals surface area contributed by atoms with E-state index in [4.69, 9.17) is 0 Å². The molecule has 2 bridgehead atoms. The van der Waals surface area contributed by atoms with Crippen molar-refractivity contribution in [3.63, 3.8) is 0 Å². The molecule has 4 nitrogen and oxygen atoms in total. The molecule has 1 aromatic heterocycles. The Labute approximate surface area is 128 Å². The molecule has 0 saturated heterocycles. The summed E-state index contributed by atoms with van der Waals surface area (Å²) in [4.78, 5) is 27.0. The van der Waals surface area contributed by atoms with Crippen molar-refractivity contribution in [1.82, 2.24) is 10.3 Å². The summed E-state index contributed by atoms with van der Waals surface area (Å²) in [7, 11) is 0. The number of aromatic amines is 1. The number of para-hydroxylation sites is 1. The predicted octanol–water partition coefficient (Wildman–Crippen LogP) is 2.47. The third-order valence-corrected chi connectivity index (χ3v) is 4.94. The summed E-state index contributed by atoms with van der Waals surface area (Å²) in [6, 6.07) is 8.78. The van der Waals surface area contributed by atoms with E-state index in [0.717, 1.165) is 11.8 Å². The van der Waals surface area contributed by atoms with Gasteiger partial charge in [-0.3, -0.25) is 9.59 Å². The Hall–Kier alpha value is -2.36. The average Bonchev–Trinajstić information content (AvgIpc) is 3.14. The van der Waals surface area contributed by atoms with Crippen LogP contribution in [-0.2, 0) is 0 Å². The highest BCUT2D eigenvalue weighted by Gasteiger charge is 2.35. The van der Waals surface area contributed by atoms with Crippen LogP contribution in [0.15, 0.2) is 47.3 Å². The summed E-state index contributed by atoms with van der Waals surface area (Å²) in [5.74, 6) is 1.69. The molecular formula is C18H18N2O2. The number of H-pyrrole nitrogens is 1. The lowest BCUT2D eigenvalue weighted by Gasteiger charge is -2.18. The van der Waals surface area contributed by atoms with Crippen LogP contribution in [0.25, 0.3) is 10.9 Å². The zero-order valence-electron chi connectivity index (χ0n) is 12.2. The molecule has 0 radical (unpaired) electrons. The maximum Gasteiger partial charge on any atom is 0.252 e. The summed E-state index contributed by atoms with van der Waals surface area (Å²) in [6.07, 6.45) is 6.98. The molecule has 0 aliphatic heterocycles. The summed E-state index contributed by atoms with van der Waals surface area (Å²) in [6.45, 7) is 0.686. The molecular weight excluding hydrogens is 276 g/mol. The zero-order valence-corrected chi connectivity index (χ0v) is 12.2. The van der Waals surface area contributed by atoms with Gasteiger partial charge in [0.05, 0.1) is 5.56 Å². The number of fused-ring (bicyclic) bond motifs is 3. The van der Waals surface area contributed by atoms with Crippen LogP contribution in [0.5, 0.6) is 0 Å². The number of nitrogens with one attached hydrogen (secondary N) is 2. The predicted molar refractivity (Wildman–Crippen MR) is 85.7 cm³/mol. The molecule has 2 aromatic rings. The maximum atomic E-state index is 12.5. The Balaban J connectivity index is 1.55. The standard InChI is InChI=1S/C18H18N2O2/c21-17-9-15(14-3-1-2-4-16(14)20-17)18(22)19-10-13-8-11-5-6-12(13)7-11/h1-6,9,11-13H,7-8,10H2,(H,19,22)(H,20,21). The van der Waals surface area contributed by atoms with Gasteiger partial charge in [0.1, 0.15) is 0 Å². The Morgan fingerprint density at radius 1 is 1.23 bits per heavy atom. The highest BCUT2D eigenvalue weighted by atomic mass is 16.2. The van der Waals surface area contributed by atoms with Crippen molar-refractivity contribution in [2.75, 3.05) is 6.54 Å². The van der Waals surface area contributed by atoms with Crippen LogP contribution in [0.4, 0.5) is 0 Å². The van der Waals surface area contributed by atoms with Crippen molar-refractivity contribution in [3.05, 3.63) is 58.4 Å². The number of allylic oxidation sites excluding steroid dienone is 2. The molecule has 4 rings (SSSR count). The summed E-state index contributed by atoms with van der Waals surface area (Å²) in [5, 5.41) is 3.80. The minimum absolute atomic E-state index is 0.158. The average molecular weight is 294 g/mol. The molecule has 0 spiro atoms. The highest BCUT2D eigenvalue weighted by molar-refractivity contribution is 6.05. The maximum absolute atomic E-state index is 12.5. The van der Waals surface area contributed by atoms with Crippen molar-refractivity contribution in [2.24, 2.45) is 17.8 Å². The molecule has 3 unspecified atom stereocenters. The molecule has 1 fully saturated rings. The van der Waals surface area contributed by atoms with E-state index >= 15 is 0 Å². The number of hydrogen-bond donors (Lipinski definition) is 2. The monoisotopic (exact) mass is 294 g/mol. The van der Waals surface area contributed by atoms with E-state index < -0.39 is 0 Å². The van der Waals surface area contributed by atoms with Gasteiger partial charge in [-0.05, 0) is 36.7 Å². The summed E-state index contributed by atoms with van der Waals surface area (Å²) >= 11 is 0. The smallest absolute Gasteiger partial charge is 0.252 e. The third kappa shape index (κ3) is 2.25. The fourth-order valence-electron chi connectivity index (χ4n) is 3.84. The number of carbonyl (C=O) groups excluding carboxylic acids is 1. The van der Waals surface area contributed by atoms with Gasteiger partial charge in [-0.2, -0.15) is 0 Å². The van der Waals surface area contributed by atoms with E-state index in [1.165, 1.54) is 12.5 Å². The van der Waals surface area contributed by atoms with Gasteiger partial charge >= 0.3 is 0 Å². The largest absolute Gasteiger partial charge is 0.352 e. The second-order valence-corrected chi connectivity index (χ2v) is 6.34. The van der Waals surface area contributed by atoms with Gasteiger partial charge in [-0.1, -0.05) is 30.4 Å². The van der Waals surface area contributed by atoms with Crippen molar-refractivity contribution in [1.29, 1.82) is 0 Å². The Kier molecular flexibility index (Phi) is 3.10. The van der Waals surface area contributed by atoms with Crippen molar-refractivity contribution in [2.45, 2.75) is 12.8 Å². The molecule has 2 N–H and O–H groups in total. The summed E-state index contributed by atoms with van der Waals surface area (Å²) < 4.78 is 0. The van der Waals surface area contributed by atoms with Crippen molar-refractivity contribution < 1.29 is 4.79 Å². The SMILES string of the molecule is O=C(NCC1CC2C=CC1C2)c1cc(=O)[nH]c2ccccc12. The molecule has 2 aliphatic carbocycles. The second kappa shape index (κ2) is 5.13. The fourth-order valence-corrected chi connectivity index (χ4v) is 3.84.